The number of rotatable bonds is 47. The van der Waals surface area contributed by atoms with Gasteiger partial charge in [-0.05, 0) is 83.5 Å². The third kappa shape index (κ3) is 46.8. The van der Waals surface area contributed by atoms with Gasteiger partial charge in [-0.25, -0.2) is 9.13 Å². The van der Waals surface area contributed by atoms with Crippen molar-refractivity contribution in [3.05, 3.63) is 60.8 Å². The van der Waals surface area contributed by atoms with E-state index in [1.165, 1.54) is 64.2 Å². The Kier molecular flexibility index (Phi) is 43.7. The van der Waals surface area contributed by atoms with Crippen LogP contribution in [0.15, 0.2) is 60.8 Å². The quantitative estimate of drug-likeness (QED) is 0.0165. The molecule has 5 N–H and O–H groups in total. The molecule has 5 unspecified atom stereocenters. The molecule has 0 saturated heterocycles. The minimum Gasteiger partial charge on any atom is -0.463 e. The molecule has 0 radical (unpaired) electrons. The third-order valence-corrected chi connectivity index (χ3v) is 11.8. The van der Waals surface area contributed by atoms with Crippen molar-refractivity contribution in [1.82, 2.24) is 0 Å². The number of esters is 2. The average molecular weight is 979 g/mol. The fourth-order valence-electron chi connectivity index (χ4n) is 6.07. The van der Waals surface area contributed by atoms with Crippen molar-refractivity contribution in [3.63, 3.8) is 0 Å². The number of phosphoric ester groups is 2. The van der Waals surface area contributed by atoms with E-state index in [0.29, 0.717) is 12.8 Å². The SMILES string of the molecule is CCCCC/C=C\C/C=C\C/C=C\C/C=C\CCCCCC(=O)OCC(O)COP(=O)(O)OCC(O)COP(=O)(O)OCC(O)COC(=O)CCCCCCCCC/C=C\CCCCCC. The topological polar surface area (TPSA) is 225 Å². The number of phosphoric acid groups is 2. The van der Waals surface area contributed by atoms with Gasteiger partial charge >= 0.3 is 27.6 Å². The molecule has 0 rings (SSSR count). The van der Waals surface area contributed by atoms with Gasteiger partial charge in [0.25, 0.3) is 0 Å². The lowest BCUT2D eigenvalue weighted by Gasteiger charge is -2.19. The van der Waals surface area contributed by atoms with E-state index in [4.69, 9.17) is 9.47 Å². The summed E-state index contributed by atoms with van der Waals surface area (Å²) < 4.78 is 53.0. The third-order valence-electron chi connectivity index (χ3n) is 9.95. The summed E-state index contributed by atoms with van der Waals surface area (Å²) in [6, 6.07) is 0. The molecule has 0 spiro atoms. The van der Waals surface area contributed by atoms with Gasteiger partial charge in [0.2, 0.25) is 0 Å². The van der Waals surface area contributed by atoms with Crippen LogP contribution in [0.1, 0.15) is 181 Å². The number of ether oxygens (including phenoxy) is 2. The molecule has 0 heterocycles. The van der Waals surface area contributed by atoms with Crippen molar-refractivity contribution >= 4 is 27.6 Å². The molecule has 0 aliphatic heterocycles. The van der Waals surface area contributed by atoms with Crippen LogP contribution in [0.2, 0.25) is 0 Å². The van der Waals surface area contributed by atoms with Crippen LogP contribution in [0.5, 0.6) is 0 Å². The Bertz CT molecular complexity index is 1420. The smallest absolute Gasteiger partial charge is 0.463 e. The maximum Gasteiger partial charge on any atom is 0.472 e. The maximum absolute atomic E-state index is 12.2. The minimum atomic E-state index is -4.80. The van der Waals surface area contributed by atoms with Gasteiger partial charge in [-0.15, -0.1) is 0 Å². The normalized spacial score (nSPS) is 15.6. The van der Waals surface area contributed by atoms with E-state index in [0.717, 1.165) is 77.0 Å². The summed E-state index contributed by atoms with van der Waals surface area (Å²) in [7, 11) is -9.59. The fraction of sp³-hybridized carbons (Fsp3) is 0.755. The molecule has 384 valence electrons. The number of aliphatic hydroxyl groups excluding tert-OH is 3. The molecule has 5 atom stereocenters. The molecular weight excluding hydrogens is 890 g/mol. The zero-order chi connectivity index (χ0) is 48.8. The van der Waals surface area contributed by atoms with Gasteiger partial charge in [0, 0.05) is 12.8 Å². The van der Waals surface area contributed by atoms with E-state index in [-0.39, 0.29) is 12.8 Å². The zero-order valence-electron chi connectivity index (χ0n) is 40.3. The molecule has 17 heteroatoms. The molecule has 0 amide bonds. The minimum absolute atomic E-state index is 0.157. The Hall–Kier alpha value is -2.26. The number of aliphatic hydroxyl groups is 3. The summed E-state index contributed by atoms with van der Waals surface area (Å²) in [5.41, 5.74) is 0. The first-order valence-corrected chi connectivity index (χ1v) is 27.6. The molecular formula is C49H88O15P2. The lowest BCUT2D eigenvalue weighted by molar-refractivity contribution is -0.148. The summed E-state index contributed by atoms with van der Waals surface area (Å²) in [5, 5.41) is 30.0. The van der Waals surface area contributed by atoms with E-state index in [1.54, 1.807) is 0 Å². The van der Waals surface area contributed by atoms with Crippen molar-refractivity contribution in [1.29, 1.82) is 0 Å². The Labute approximate surface area is 397 Å². The molecule has 0 bridgehead atoms. The first-order valence-electron chi connectivity index (χ1n) is 24.6. The predicted molar refractivity (Wildman–Crippen MR) is 260 cm³/mol. The molecule has 0 aromatic heterocycles. The highest BCUT2D eigenvalue weighted by atomic mass is 31.2. The summed E-state index contributed by atoms with van der Waals surface area (Å²) >= 11 is 0. The van der Waals surface area contributed by atoms with Crippen LogP contribution in [0, 0.1) is 0 Å². The highest BCUT2D eigenvalue weighted by Gasteiger charge is 2.28. The van der Waals surface area contributed by atoms with E-state index in [1.807, 2.05) is 0 Å². The highest BCUT2D eigenvalue weighted by molar-refractivity contribution is 7.47. The lowest BCUT2D eigenvalue weighted by atomic mass is 10.1. The molecule has 0 aliphatic carbocycles. The summed E-state index contributed by atoms with van der Waals surface area (Å²) in [6.45, 7) is 0.333. The Morgan fingerprint density at radius 1 is 0.394 bits per heavy atom. The molecule has 0 aromatic carbocycles. The van der Waals surface area contributed by atoms with Gasteiger partial charge in [-0.1, -0.05) is 145 Å². The van der Waals surface area contributed by atoms with Gasteiger partial charge in [0.05, 0.1) is 26.4 Å². The number of carbonyl (C=O) groups excluding carboxylic acids is 2. The van der Waals surface area contributed by atoms with E-state index >= 15 is 0 Å². The van der Waals surface area contributed by atoms with Crippen LogP contribution in [-0.4, -0.2) is 95.0 Å². The van der Waals surface area contributed by atoms with Crippen LogP contribution in [0.25, 0.3) is 0 Å². The average Bonchev–Trinajstić information content (AvgIpc) is 3.29. The Morgan fingerprint density at radius 3 is 1.03 bits per heavy atom. The molecule has 15 nitrogen and oxygen atoms in total. The standard InChI is InChI=1S/C49H88O15P2/c1-3-5-7-9-11-13-15-17-19-20-21-22-24-26-28-30-32-34-36-38-49(54)60-40-46(51)42-62-66(57,58)64-44-47(52)43-63-65(55,56)61-41-45(50)39-59-48(53)37-35-33-31-29-27-25-23-18-16-14-12-10-8-6-4-2/h11,13-14,16-17,19,21-22,26,28,45-47,50-52H,3-10,12,15,18,20,23-25,27,29-44H2,1-2H3,(H,55,56)(H,57,58)/b13-11-,16-14-,19-17-,22-21-,28-26-. The molecule has 0 aromatic rings. The van der Waals surface area contributed by atoms with Crippen LogP contribution in [0.3, 0.4) is 0 Å². The molecule has 66 heavy (non-hydrogen) atoms. The van der Waals surface area contributed by atoms with Crippen molar-refractivity contribution in [2.45, 2.75) is 199 Å². The second-order valence-electron chi connectivity index (χ2n) is 16.5. The maximum atomic E-state index is 12.2. The van der Waals surface area contributed by atoms with E-state index < -0.39 is 85.5 Å². The fourth-order valence-corrected chi connectivity index (χ4v) is 7.66. The first kappa shape index (κ1) is 63.7. The van der Waals surface area contributed by atoms with E-state index in [9.17, 15) is 43.8 Å². The summed E-state index contributed by atoms with van der Waals surface area (Å²) in [5.74, 6) is -1.03. The highest BCUT2D eigenvalue weighted by Crippen LogP contribution is 2.45. The van der Waals surface area contributed by atoms with Gasteiger partial charge in [0.15, 0.2) is 0 Å². The Morgan fingerprint density at radius 2 is 0.652 bits per heavy atom. The van der Waals surface area contributed by atoms with Crippen LogP contribution >= 0.6 is 15.6 Å². The number of allylic oxidation sites excluding steroid dienone is 10. The van der Waals surface area contributed by atoms with Crippen molar-refractivity contribution in [2.75, 3.05) is 39.6 Å². The molecule has 0 saturated carbocycles. The van der Waals surface area contributed by atoms with Crippen LogP contribution in [0.4, 0.5) is 0 Å². The number of hydrogen-bond donors (Lipinski definition) is 5. The molecule has 0 fully saturated rings. The Balaban J connectivity index is 3.93. The zero-order valence-corrected chi connectivity index (χ0v) is 42.1. The summed E-state index contributed by atoms with van der Waals surface area (Å²) in [4.78, 5) is 43.8. The predicted octanol–water partition coefficient (Wildman–Crippen LogP) is 11.4. The lowest BCUT2D eigenvalue weighted by Crippen LogP contribution is -2.25. The van der Waals surface area contributed by atoms with Crippen LogP contribution in [-0.2, 0) is 46.3 Å². The van der Waals surface area contributed by atoms with Gasteiger partial charge in [-0.3, -0.25) is 27.7 Å². The number of unbranched alkanes of at least 4 members (excludes halogenated alkanes) is 17. The van der Waals surface area contributed by atoms with Gasteiger partial charge in [0.1, 0.15) is 31.5 Å². The number of hydrogen-bond acceptors (Lipinski definition) is 13. The van der Waals surface area contributed by atoms with Gasteiger partial charge < -0.3 is 34.6 Å². The van der Waals surface area contributed by atoms with Crippen molar-refractivity contribution in [3.8, 4) is 0 Å². The monoisotopic (exact) mass is 979 g/mol. The number of carbonyl (C=O) groups is 2. The summed E-state index contributed by atoms with van der Waals surface area (Å²) in [6.07, 6.45) is 43.5. The van der Waals surface area contributed by atoms with E-state index in [2.05, 4.69) is 92.7 Å². The van der Waals surface area contributed by atoms with Crippen molar-refractivity contribution < 1.29 is 71.4 Å². The largest absolute Gasteiger partial charge is 0.472 e. The van der Waals surface area contributed by atoms with Gasteiger partial charge in [-0.2, -0.15) is 0 Å². The second-order valence-corrected chi connectivity index (χ2v) is 19.4. The second kappa shape index (κ2) is 45.2. The first-order chi connectivity index (χ1) is 31.8. The molecule has 0 aliphatic rings. The van der Waals surface area contributed by atoms with Crippen LogP contribution < -0.4 is 0 Å². The van der Waals surface area contributed by atoms with Crippen molar-refractivity contribution in [2.24, 2.45) is 0 Å².